The summed E-state index contributed by atoms with van der Waals surface area (Å²) in [6.07, 6.45) is 3.73. The Morgan fingerprint density at radius 1 is 1.07 bits per heavy atom. The van der Waals surface area contributed by atoms with Crippen molar-refractivity contribution in [2.75, 3.05) is 18.0 Å². The van der Waals surface area contributed by atoms with Gasteiger partial charge in [-0.05, 0) is 17.7 Å². The Labute approximate surface area is 91.2 Å². The number of anilines is 1. The first-order valence-electron chi connectivity index (χ1n) is 4.98. The van der Waals surface area contributed by atoms with Crippen LogP contribution in [0.4, 0.5) is 5.69 Å². The lowest BCUT2D eigenvalue weighted by Gasteiger charge is -2.21. The van der Waals surface area contributed by atoms with E-state index in [-0.39, 0.29) is 6.61 Å². The first-order chi connectivity index (χ1) is 7.31. The third-order valence-electron chi connectivity index (χ3n) is 2.18. The molecule has 80 valence electrons. The fourth-order valence-corrected chi connectivity index (χ4v) is 1.41. The van der Waals surface area contributed by atoms with Crippen molar-refractivity contribution in [1.29, 1.82) is 0 Å². The van der Waals surface area contributed by atoms with E-state index < -0.39 is 0 Å². The average Bonchev–Trinajstić information content (AvgIpc) is 2.29. The van der Waals surface area contributed by atoms with Crippen LogP contribution in [0.15, 0.2) is 49.6 Å². The normalized spacial score (nSPS) is 9.67. The van der Waals surface area contributed by atoms with Crippen LogP contribution in [0, 0.1) is 0 Å². The molecule has 2 nitrogen and oxygen atoms in total. The molecule has 0 amide bonds. The summed E-state index contributed by atoms with van der Waals surface area (Å²) in [6.45, 7) is 9.13. The van der Waals surface area contributed by atoms with E-state index in [0.717, 1.165) is 24.3 Å². The summed E-state index contributed by atoms with van der Waals surface area (Å²) in [5.41, 5.74) is 2.04. The lowest BCUT2D eigenvalue weighted by Crippen LogP contribution is -2.22. The summed E-state index contributed by atoms with van der Waals surface area (Å²) in [7, 11) is 0. The minimum Gasteiger partial charge on any atom is -0.392 e. The van der Waals surface area contributed by atoms with Gasteiger partial charge in [-0.1, -0.05) is 24.3 Å². The van der Waals surface area contributed by atoms with Crippen LogP contribution in [-0.2, 0) is 6.61 Å². The second-order valence-electron chi connectivity index (χ2n) is 3.31. The van der Waals surface area contributed by atoms with Crippen molar-refractivity contribution in [2.45, 2.75) is 6.61 Å². The van der Waals surface area contributed by atoms with Gasteiger partial charge in [0.2, 0.25) is 0 Å². The zero-order valence-corrected chi connectivity index (χ0v) is 8.89. The van der Waals surface area contributed by atoms with Crippen LogP contribution in [0.2, 0.25) is 0 Å². The minimum atomic E-state index is 0.0865. The maximum Gasteiger partial charge on any atom is 0.0681 e. The first-order valence-corrected chi connectivity index (χ1v) is 4.98. The summed E-state index contributed by atoms with van der Waals surface area (Å²) in [5.74, 6) is 0. The van der Waals surface area contributed by atoms with Crippen LogP contribution in [0.1, 0.15) is 5.56 Å². The van der Waals surface area contributed by atoms with Gasteiger partial charge in [-0.25, -0.2) is 0 Å². The van der Waals surface area contributed by atoms with Gasteiger partial charge in [0.1, 0.15) is 0 Å². The smallest absolute Gasteiger partial charge is 0.0681 e. The molecular formula is C13H17NO. The minimum absolute atomic E-state index is 0.0865. The summed E-state index contributed by atoms with van der Waals surface area (Å²) >= 11 is 0. The monoisotopic (exact) mass is 203 g/mol. The number of hydrogen-bond donors (Lipinski definition) is 1. The molecule has 0 fully saturated rings. The molecule has 0 bridgehead atoms. The molecule has 1 N–H and O–H groups in total. The molecule has 0 saturated carbocycles. The third kappa shape index (κ3) is 3.26. The Morgan fingerprint density at radius 3 is 2.00 bits per heavy atom. The van der Waals surface area contributed by atoms with E-state index in [1.165, 1.54) is 0 Å². The lowest BCUT2D eigenvalue weighted by atomic mass is 10.2. The van der Waals surface area contributed by atoms with Crippen molar-refractivity contribution in [2.24, 2.45) is 0 Å². The SMILES string of the molecule is C=CCN(CC=C)c1ccc(CO)cc1. The molecule has 1 rings (SSSR count). The molecule has 0 spiro atoms. The van der Waals surface area contributed by atoms with Gasteiger partial charge in [0.15, 0.2) is 0 Å². The lowest BCUT2D eigenvalue weighted by molar-refractivity contribution is 0.282. The molecule has 0 aliphatic carbocycles. The van der Waals surface area contributed by atoms with Crippen LogP contribution >= 0.6 is 0 Å². The van der Waals surface area contributed by atoms with Crippen molar-refractivity contribution < 1.29 is 5.11 Å². The van der Waals surface area contributed by atoms with E-state index in [1.54, 1.807) is 0 Å². The van der Waals surface area contributed by atoms with Gasteiger partial charge >= 0.3 is 0 Å². The highest BCUT2D eigenvalue weighted by atomic mass is 16.3. The van der Waals surface area contributed by atoms with Crippen LogP contribution in [0.25, 0.3) is 0 Å². The Hall–Kier alpha value is -1.54. The van der Waals surface area contributed by atoms with Gasteiger partial charge in [0, 0.05) is 18.8 Å². The predicted molar refractivity (Wildman–Crippen MR) is 65.0 cm³/mol. The number of nitrogens with zero attached hydrogens (tertiary/aromatic N) is 1. The number of aliphatic hydroxyl groups excluding tert-OH is 1. The Bertz CT molecular complexity index is 306. The molecular weight excluding hydrogens is 186 g/mol. The highest BCUT2D eigenvalue weighted by Crippen LogP contribution is 2.15. The maximum atomic E-state index is 8.93. The van der Waals surface area contributed by atoms with E-state index >= 15 is 0 Å². The van der Waals surface area contributed by atoms with Gasteiger partial charge in [0.05, 0.1) is 6.61 Å². The second kappa shape index (κ2) is 6.04. The van der Waals surface area contributed by atoms with Crippen LogP contribution in [-0.4, -0.2) is 18.2 Å². The maximum absolute atomic E-state index is 8.93. The molecule has 0 aliphatic heterocycles. The molecule has 0 radical (unpaired) electrons. The molecule has 0 aromatic heterocycles. The van der Waals surface area contributed by atoms with E-state index in [0.29, 0.717) is 0 Å². The van der Waals surface area contributed by atoms with Crippen molar-refractivity contribution in [1.82, 2.24) is 0 Å². The highest BCUT2D eigenvalue weighted by Gasteiger charge is 2.01. The molecule has 1 aromatic carbocycles. The molecule has 0 unspecified atom stereocenters. The molecule has 0 atom stereocenters. The zero-order valence-electron chi connectivity index (χ0n) is 8.89. The summed E-state index contributed by atoms with van der Waals surface area (Å²) in [4.78, 5) is 2.15. The van der Waals surface area contributed by atoms with Crippen LogP contribution < -0.4 is 4.90 Å². The summed E-state index contributed by atoms with van der Waals surface area (Å²) in [6, 6.07) is 7.85. The molecule has 0 saturated heterocycles. The molecule has 2 heteroatoms. The fourth-order valence-electron chi connectivity index (χ4n) is 1.41. The predicted octanol–water partition coefficient (Wildman–Crippen LogP) is 2.36. The van der Waals surface area contributed by atoms with E-state index in [4.69, 9.17) is 5.11 Å². The third-order valence-corrected chi connectivity index (χ3v) is 2.18. The molecule has 1 aromatic rings. The Morgan fingerprint density at radius 2 is 1.60 bits per heavy atom. The average molecular weight is 203 g/mol. The van der Waals surface area contributed by atoms with Crippen molar-refractivity contribution >= 4 is 5.69 Å². The van der Waals surface area contributed by atoms with Crippen molar-refractivity contribution in [3.63, 3.8) is 0 Å². The number of benzene rings is 1. The number of aliphatic hydroxyl groups is 1. The van der Waals surface area contributed by atoms with Gasteiger partial charge in [-0.3, -0.25) is 0 Å². The van der Waals surface area contributed by atoms with Gasteiger partial charge in [0.25, 0.3) is 0 Å². The van der Waals surface area contributed by atoms with Crippen LogP contribution in [0.5, 0.6) is 0 Å². The topological polar surface area (TPSA) is 23.5 Å². The summed E-state index contributed by atoms with van der Waals surface area (Å²) in [5, 5.41) is 8.93. The van der Waals surface area contributed by atoms with E-state index in [2.05, 4.69) is 18.1 Å². The largest absolute Gasteiger partial charge is 0.392 e. The zero-order chi connectivity index (χ0) is 11.1. The van der Waals surface area contributed by atoms with E-state index in [1.807, 2.05) is 36.4 Å². The Kier molecular flexibility index (Phi) is 4.64. The first kappa shape index (κ1) is 11.5. The Balaban J connectivity index is 2.80. The molecule has 0 aliphatic rings. The molecule has 0 heterocycles. The highest BCUT2D eigenvalue weighted by molar-refractivity contribution is 5.48. The van der Waals surface area contributed by atoms with Crippen molar-refractivity contribution in [3.05, 3.63) is 55.1 Å². The summed E-state index contributed by atoms with van der Waals surface area (Å²) < 4.78 is 0. The van der Waals surface area contributed by atoms with Gasteiger partial charge in [-0.15, -0.1) is 13.2 Å². The quantitative estimate of drug-likeness (QED) is 0.717. The second-order valence-corrected chi connectivity index (χ2v) is 3.31. The van der Waals surface area contributed by atoms with Gasteiger partial charge in [-0.2, -0.15) is 0 Å². The standard InChI is InChI=1S/C13H17NO/c1-3-9-14(10-4-2)13-7-5-12(11-15)6-8-13/h3-8,15H,1-2,9-11H2. The van der Waals surface area contributed by atoms with E-state index in [9.17, 15) is 0 Å². The number of rotatable bonds is 6. The number of hydrogen-bond acceptors (Lipinski definition) is 2. The van der Waals surface area contributed by atoms with Crippen molar-refractivity contribution in [3.8, 4) is 0 Å². The van der Waals surface area contributed by atoms with Gasteiger partial charge < -0.3 is 10.0 Å². The fraction of sp³-hybridized carbons (Fsp3) is 0.231. The van der Waals surface area contributed by atoms with Crippen LogP contribution in [0.3, 0.4) is 0 Å². The molecule has 15 heavy (non-hydrogen) atoms.